The summed E-state index contributed by atoms with van der Waals surface area (Å²) in [6.07, 6.45) is 5.04. The van der Waals surface area contributed by atoms with E-state index in [1.165, 1.54) is 0 Å². The molecule has 0 unspecified atom stereocenters. The van der Waals surface area contributed by atoms with Crippen molar-refractivity contribution in [2.24, 2.45) is 0 Å². The molecule has 1 aliphatic heterocycles. The van der Waals surface area contributed by atoms with Crippen LogP contribution in [0.1, 0.15) is 73.6 Å². The third kappa shape index (κ3) is 7.66. The zero-order chi connectivity index (χ0) is 18.6. The lowest BCUT2D eigenvalue weighted by Crippen LogP contribution is -2.44. The number of rotatable bonds is 7. The molecule has 0 aliphatic carbocycles. The molecule has 2 atom stereocenters. The second kappa shape index (κ2) is 8.32. The molecule has 142 valence electrons. The van der Waals surface area contributed by atoms with Crippen LogP contribution in [0.25, 0.3) is 0 Å². The summed E-state index contributed by atoms with van der Waals surface area (Å²) in [6.45, 7) is 18.2. The molecule has 0 aromatic rings. The van der Waals surface area contributed by atoms with Gasteiger partial charge in [0.1, 0.15) is 5.60 Å². The molecule has 0 radical (unpaired) electrons. The standard InChI is InChI=1S/C19H39NO3Si/c1-18(2,3)22-17(21)12-10-9-11-15-13-16(14-20-15)23-24(7,8)19(4,5)6/h15-16,20H,9-14H2,1-8H3/t15-,16-/m1/s1. The van der Waals surface area contributed by atoms with Crippen molar-refractivity contribution in [3.63, 3.8) is 0 Å². The second-order valence-corrected chi connectivity index (χ2v) is 14.4. The first-order valence-electron chi connectivity index (χ1n) is 9.43. The van der Waals surface area contributed by atoms with Crippen molar-refractivity contribution in [2.75, 3.05) is 6.54 Å². The molecule has 4 nitrogen and oxygen atoms in total. The SMILES string of the molecule is CC(C)(C)OC(=O)CCCC[C@@H]1C[C@@H](O[Si](C)(C)C(C)(C)C)CN1. The molecule has 0 bridgehead atoms. The van der Waals surface area contributed by atoms with E-state index in [9.17, 15) is 4.79 Å². The summed E-state index contributed by atoms with van der Waals surface area (Å²) in [7, 11) is -1.68. The monoisotopic (exact) mass is 357 g/mol. The van der Waals surface area contributed by atoms with Gasteiger partial charge < -0.3 is 14.5 Å². The van der Waals surface area contributed by atoms with Gasteiger partial charge in [0.15, 0.2) is 8.32 Å². The Kier molecular flexibility index (Phi) is 7.51. The molecule has 1 rings (SSSR count). The topological polar surface area (TPSA) is 47.6 Å². The molecule has 1 saturated heterocycles. The Morgan fingerprint density at radius 3 is 2.29 bits per heavy atom. The minimum Gasteiger partial charge on any atom is -0.460 e. The van der Waals surface area contributed by atoms with Gasteiger partial charge in [0, 0.05) is 19.0 Å². The Labute approximate surface area is 150 Å². The van der Waals surface area contributed by atoms with Crippen molar-refractivity contribution in [3.05, 3.63) is 0 Å². The summed E-state index contributed by atoms with van der Waals surface area (Å²) < 4.78 is 11.8. The maximum Gasteiger partial charge on any atom is 0.306 e. The lowest BCUT2D eigenvalue weighted by Gasteiger charge is -2.38. The maximum absolute atomic E-state index is 11.7. The summed E-state index contributed by atoms with van der Waals surface area (Å²) >= 11 is 0. The second-order valence-electron chi connectivity index (χ2n) is 9.67. The molecule has 0 amide bonds. The smallest absolute Gasteiger partial charge is 0.306 e. The van der Waals surface area contributed by atoms with Crippen molar-refractivity contribution < 1.29 is 14.0 Å². The van der Waals surface area contributed by atoms with Crippen LogP contribution in [0.4, 0.5) is 0 Å². The minimum atomic E-state index is -1.68. The molecule has 5 heteroatoms. The van der Waals surface area contributed by atoms with E-state index in [4.69, 9.17) is 9.16 Å². The summed E-state index contributed by atoms with van der Waals surface area (Å²) in [5, 5.41) is 3.85. The van der Waals surface area contributed by atoms with E-state index < -0.39 is 8.32 Å². The highest BCUT2D eigenvalue weighted by Gasteiger charge is 2.40. The first-order chi connectivity index (χ1) is 10.8. The molecule has 1 N–H and O–H groups in total. The van der Waals surface area contributed by atoms with Crippen molar-refractivity contribution in [2.45, 2.75) is 110 Å². The summed E-state index contributed by atoms with van der Waals surface area (Å²) in [5.41, 5.74) is -0.377. The number of hydrogen-bond donors (Lipinski definition) is 1. The molecular formula is C19H39NO3Si. The van der Waals surface area contributed by atoms with Gasteiger partial charge in [-0.15, -0.1) is 0 Å². The number of hydrogen-bond acceptors (Lipinski definition) is 4. The van der Waals surface area contributed by atoms with E-state index in [0.717, 1.165) is 32.2 Å². The van der Waals surface area contributed by atoms with Gasteiger partial charge in [0.2, 0.25) is 0 Å². The van der Waals surface area contributed by atoms with Crippen molar-refractivity contribution in [1.29, 1.82) is 0 Å². The van der Waals surface area contributed by atoms with Crippen LogP contribution in [0.2, 0.25) is 18.1 Å². The van der Waals surface area contributed by atoms with Crippen LogP contribution in [-0.4, -0.2) is 38.6 Å². The minimum absolute atomic E-state index is 0.0824. The van der Waals surface area contributed by atoms with Gasteiger partial charge in [-0.25, -0.2) is 0 Å². The molecule has 1 fully saturated rings. The Morgan fingerprint density at radius 2 is 1.75 bits per heavy atom. The van der Waals surface area contributed by atoms with Gasteiger partial charge in [0.25, 0.3) is 0 Å². The Morgan fingerprint density at radius 1 is 1.12 bits per heavy atom. The summed E-state index contributed by atoms with van der Waals surface area (Å²) in [5.74, 6) is -0.0824. The van der Waals surface area contributed by atoms with Gasteiger partial charge in [-0.2, -0.15) is 0 Å². The van der Waals surface area contributed by atoms with Crippen LogP contribution >= 0.6 is 0 Å². The average Bonchev–Trinajstić information content (AvgIpc) is 2.78. The van der Waals surface area contributed by atoms with Crippen LogP contribution in [-0.2, 0) is 14.0 Å². The number of esters is 1. The number of carbonyl (C=O) groups excluding carboxylic acids is 1. The number of nitrogens with one attached hydrogen (secondary N) is 1. The van der Waals surface area contributed by atoms with Crippen LogP contribution < -0.4 is 5.32 Å². The molecule has 1 aliphatic rings. The quantitative estimate of drug-likeness (QED) is 0.409. The van der Waals surface area contributed by atoms with E-state index in [0.29, 0.717) is 18.6 Å². The number of unbranched alkanes of at least 4 members (excludes halogenated alkanes) is 1. The van der Waals surface area contributed by atoms with Gasteiger partial charge >= 0.3 is 5.97 Å². The third-order valence-corrected chi connectivity index (χ3v) is 9.59. The Hall–Kier alpha value is -0.393. The van der Waals surface area contributed by atoms with Crippen LogP contribution in [0.5, 0.6) is 0 Å². The maximum atomic E-state index is 11.7. The number of ether oxygens (including phenoxy) is 1. The van der Waals surface area contributed by atoms with Crippen LogP contribution in [0.3, 0.4) is 0 Å². The average molecular weight is 358 g/mol. The largest absolute Gasteiger partial charge is 0.460 e. The summed E-state index contributed by atoms with van der Waals surface area (Å²) in [6, 6.07) is 0.526. The zero-order valence-corrected chi connectivity index (χ0v) is 18.1. The number of carbonyl (C=O) groups is 1. The van der Waals surface area contributed by atoms with E-state index in [-0.39, 0.29) is 16.6 Å². The van der Waals surface area contributed by atoms with Gasteiger partial charge in [-0.05, 0) is 58.2 Å². The lowest BCUT2D eigenvalue weighted by atomic mass is 10.1. The van der Waals surface area contributed by atoms with Crippen LogP contribution in [0.15, 0.2) is 0 Å². The van der Waals surface area contributed by atoms with Crippen molar-refractivity contribution in [3.8, 4) is 0 Å². The fraction of sp³-hybridized carbons (Fsp3) is 0.947. The molecule has 24 heavy (non-hydrogen) atoms. The van der Waals surface area contributed by atoms with E-state index >= 15 is 0 Å². The third-order valence-electron chi connectivity index (χ3n) is 5.05. The predicted molar refractivity (Wildman–Crippen MR) is 103 cm³/mol. The highest BCUT2D eigenvalue weighted by atomic mass is 28.4. The van der Waals surface area contributed by atoms with E-state index in [2.05, 4.69) is 39.2 Å². The Bertz CT molecular complexity index is 410. The van der Waals surface area contributed by atoms with Gasteiger partial charge in [-0.1, -0.05) is 27.2 Å². The van der Waals surface area contributed by atoms with Crippen LogP contribution in [0, 0.1) is 0 Å². The highest BCUT2D eigenvalue weighted by Crippen LogP contribution is 2.38. The fourth-order valence-corrected chi connectivity index (χ4v) is 4.10. The predicted octanol–water partition coefficient (Wildman–Crippen LogP) is 4.64. The first kappa shape index (κ1) is 21.6. The Balaban J connectivity index is 2.23. The van der Waals surface area contributed by atoms with Gasteiger partial charge in [-0.3, -0.25) is 4.79 Å². The molecular weight excluding hydrogens is 318 g/mol. The molecule has 0 spiro atoms. The van der Waals surface area contributed by atoms with Crippen molar-refractivity contribution in [1.82, 2.24) is 5.32 Å². The van der Waals surface area contributed by atoms with Crippen molar-refractivity contribution >= 4 is 14.3 Å². The lowest BCUT2D eigenvalue weighted by molar-refractivity contribution is -0.154. The molecule has 0 aromatic carbocycles. The normalized spacial score (nSPS) is 22.7. The molecule has 0 aromatic heterocycles. The zero-order valence-electron chi connectivity index (χ0n) is 17.1. The fourth-order valence-electron chi connectivity index (χ4n) is 2.74. The van der Waals surface area contributed by atoms with E-state index in [1.54, 1.807) is 0 Å². The molecule has 0 saturated carbocycles. The first-order valence-corrected chi connectivity index (χ1v) is 12.3. The molecule has 1 heterocycles. The van der Waals surface area contributed by atoms with Gasteiger partial charge in [0.05, 0.1) is 6.10 Å². The van der Waals surface area contributed by atoms with E-state index in [1.807, 2.05) is 20.8 Å². The summed E-state index contributed by atoms with van der Waals surface area (Å²) in [4.78, 5) is 11.7. The highest BCUT2D eigenvalue weighted by molar-refractivity contribution is 6.74.